The molecule has 0 radical (unpaired) electrons. The van der Waals surface area contributed by atoms with Crippen molar-refractivity contribution in [3.63, 3.8) is 0 Å². The average molecular weight is 882 g/mol. The summed E-state index contributed by atoms with van der Waals surface area (Å²) in [5, 5.41) is 7.38. The van der Waals surface area contributed by atoms with Crippen molar-refractivity contribution in [3.8, 4) is 0 Å². The third-order valence-corrected chi connectivity index (χ3v) is 0.589. The third-order valence-electron chi connectivity index (χ3n) is 0.589. The molecule has 0 aromatic carbocycles. The molecule has 0 amide bonds. The van der Waals surface area contributed by atoms with Crippen molar-refractivity contribution in [1.82, 2.24) is 0 Å². The van der Waals surface area contributed by atoms with Gasteiger partial charge in [0.05, 0.1) is 0 Å². The minimum atomic E-state index is 0. The minimum absolute atomic E-state index is 0. The monoisotopic (exact) mass is 882 g/mol. The van der Waals surface area contributed by atoms with Crippen molar-refractivity contribution in [2.75, 3.05) is 41.0 Å². The number of ether oxygens (including phenoxy) is 1. The van der Waals surface area contributed by atoms with Crippen molar-refractivity contribution in [2.24, 2.45) is 0 Å². The van der Waals surface area contributed by atoms with Crippen LogP contribution in [0.1, 0.15) is 0 Å². The molecule has 0 aliphatic rings. The van der Waals surface area contributed by atoms with E-state index in [-0.39, 0.29) is 84.3 Å². The van der Waals surface area contributed by atoms with E-state index in [1.807, 2.05) is 0 Å². The maximum atomic E-state index is 6.48. The Morgan fingerprint density at radius 2 is 1.43 bits per heavy atom. The summed E-state index contributed by atoms with van der Waals surface area (Å²) in [6.45, 7) is 1.57. The minimum Gasteiger partial charge on any atom is -0.683 e. The second-order valence-corrected chi connectivity index (χ2v) is 1.52. The maximum absolute atomic E-state index is 6.48. The number of methoxy groups -OCH3 is 1. The van der Waals surface area contributed by atoms with E-state index < -0.39 is 0 Å². The second kappa shape index (κ2) is 45.0. The molecule has 0 aliphatic heterocycles. The van der Waals surface area contributed by atoms with Gasteiger partial charge in [0.25, 0.3) is 0 Å². The first-order chi connectivity index (χ1) is 4.83. The third kappa shape index (κ3) is 62.0. The Balaban J connectivity index is -0.0000000178. The predicted molar refractivity (Wildman–Crippen MR) is 44.5 cm³/mol. The van der Waals surface area contributed by atoms with Gasteiger partial charge in [0.1, 0.15) is 0 Å². The largest absolute Gasteiger partial charge is 2.00 e. The van der Waals surface area contributed by atoms with Crippen LogP contribution in [-0.2, 0) is 89.0 Å². The zero-order valence-corrected chi connectivity index (χ0v) is 20.3. The number of rotatable bonds is 4. The summed E-state index contributed by atoms with van der Waals surface area (Å²) in [7, 11) is 5.08. The first-order valence-corrected chi connectivity index (χ1v) is 3.08. The van der Waals surface area contributed by atoms with Gasteiger partial charge in [-0.1, -0.05) is 0 Å². The van der Waals surface area contributed by atoms with Crippen molar-refractivity contribution in [1.29, 1.82) is 0 Å². The van der Waals surface area contributed by atoms with Gasteiger partial charge in [-0.15, -0.1) is 6.54 Å². The van der Waals surface area contributed by atoms with Gasteiger partial charge in [-0.25, -0.2) is 0 Å². The van der Waals surface area contributed by atoms with E-state index >= 15 is 0 Å². The molecule has 8 heteroatoms. The Bertz CT molecular complexity index is 46.1. The van der Waals surface area contributed by atoms with Gasteiger partial charge in [-0.3, -0.25) is 6.67 Å². The number of nitrogens with zero attached hydrogens (tertiary/aromatic N) is 2. The maximum Gasteiger partial charge on any atom is 2.00 e. The van der Waals surface area contributed by atoms with E-state index in [4.69, 9.17) is 5.73 Å². The first kappa shape index (κ1) is 36.0. The SMILES string of the molecule is COCC[NH-].C[N-]C[N-]C.[W+2].[W].[W].[W]. The van der Waals surface area contributed by atoms with Crippen LogP contribution in [0.5, 0.6) is 0 Å². The van der Waals surface area contributed by atoms with Crippen LogP contribution in [0.3, 0.4) is 0 Å². The summed E-state index contributed by atoms with van der Waals surface area (Å²) < 4.78 is 4.50. The fourth-order valence-corrected chi connectivity index (χ4v) is 0.243. The van der Waals surface area contributed by atoms with Crippen LogP contribution < -0.4 is 0 Å². The van der Waals surface area contributed by atoms with Crippen molar-refractivity contribution < 1.29 is 89.0 Å². The van der Waals surface area contributed by atoms with E-state index in [0.717, 1.165) is 0 Å². The van der Waals surface area contributed by atoms with Gasteiger partial charge < -0.3 is 21.1 Å². The van der Waals surface area contributed by atoms with Gasteiger partial charge in [-0.2, -0.15) is 14.1 Å². The molecule has 0 unspecified atom stereocenters. The summed E-state index contributed by atoms with van der Waals surface area (Å²) in [6, 6.07) is 0. The van der Waals surface area contributed by atoms with Crippen LogP contribution in [0.15, 0.2) is 0 Å². The Labute approximate surface area is 145 Å². The zero-order valence-electron chi connectivity index (χ0n) is 8.56. The number of hydrogen-bond acceptors (Lipinski definition) is 1. The quantitative estimate of drug-likeness (QED) is 0.424. The van der Waals surface area contributed by atoms with E-state index in [2.05, 4.69) is 15.4 Å². The average Bonchev–Trinajstić information content (AvgIpc) is 1.93. The van der Waals surface area contributed by atoms with Gasteiger partial charge in [0.2, 0.25) is 0 Å². The molecule has 0 heterocycles. The molecule has 4 nitrogen and oxygen atoms in total. The molecular weight excluding hydrogens is 865 g/mol. The molecule has 0 bridgehead atoms. The smallest absolute Gasteiger partial charge is 0.683 e. The standard InChI is InChI=1S/C3H8N2.C3H8NO.4W/c1-4-3-5-2;1-5-3-2-4;;;;/h3H2,1-2H3;4H,2-3H2,1H3;;;;/q-2;-1;;;;+2. The molecule has 0 spiro atoms. The molecule has 0 aromatic heterocycles. The molecule has 86 valence electrons. The summed E-state index contributed by atoms with van der Waals surface area (Å²) in [5.74, 6) is 0. The normalized spacial score (nSPS) is 6.00. The fourth-order valence-electron chi connectivity index (χ4n) is 0.243. The number of nitrogens with one attached hydrogen (secondary N) is 1. The van der Waals surface area contributed by atoms with Crippen molar-refractivity contribution >= 4 is 0 Å². The van der Waals surface area contributed by atoms with Crippen LogP contribution in [0.25, 0.3) is 16.4 Å². The Morgan fingerprint density at radius 1 is 1.07 bits per heavy atom. The van der Waals surface area contributed by atoms with E-state index in [0.29, 0.717) is 19.8 Å². The molecule has 0 aliphatic carbocycles. The summed E-state index contributed by atoms with van der Waals surface area (Å²) in [4.78, 5) is 0. The first-order valence-electron chi connectivity index (χ1n) is 3.08. The Morgan fingerprint density at radius 3 is 1.43 bits per heavy atom. The predicted octanol–water partition coefficient (Wildman–Crippen LogP) is 1.63. The van der Waals surface area contributed by atoms with Gasteiger partial charge >= 0.3 is 21.1 Å². The van der Waals surface area contributed by atoms with E-state index in [9.17, 15) is 0 Å². The molecule has 0 saturated carbocycles. The second-order valence-electron chi connectivity index (χ2n) is 1.52. The molecule has 0 aromatic rings. The van der Waals surface area contributed by atoms with Gasteiger partial charge in [0.15, 0.2) is 0 Å². The molecule has 14 heavy (non-hydrogen) atoms. The fraction of sp³-hybridized carbons (Fsp3) is 1.00. The van der Waals surface area contributed by atoms with Crippen LogP contribution in [0.4, 0.5) is 0 Å². The zero-order chi connectivity index (χ0) is 8.24. The summed E-state index contributed by atoms with van der Waals surface area (Å²) in [5.41, 5.74) is 6.48. The van der Waals surface area contributed by atoms with Crippen molar-refractivity contribution in [2.45, 2.75) is 0 Å². The van der Waals surface area contributed by atoms with E-state index in [1.54, 1.807) is 21.2 Å². The summed E-state index contributed by atoms with van der Waals surface area (Å²) in [6.07, 6.45) is 0. The molecule has 0 atom stereocenters. The van der Waals surface area contributed by atoms with Crippen LogP contribution in [0, 0.1) is 0 Å². The molecular formula is C6H16N3OW4-. The van der Waals surface area contributed by atoms with Crippen molar-refractivity contribution in [3.05, 3.63) is 16.4 Å². The van der Waals surface area contributed by atoms with Crippen LogP contribution in [0.2, 0.25) is 0 Å². The Hall–Kier alpha value is 2.59. The molecule has 0 saturated heterocycles. The molecule has 1 N–H and O–H groups in total. The molecule has 0 rings (SSSR count). The van der Waals surface area contributed by atoms with Gasteiger partial charge in [-0.05, 0) is 0 Å². The van der Waals surface area contributed by atoms with Crippen LogP contribution in [-0.4, -0.2) is 41.0 Å². The number of hydrogen-bond donors (Lipinski definition) is 0. The Kier molecular flexibility index (Phi) is 115. The van der Waals surface area contributed by atoms with Crippen LogP contribution >= 0.6 is 0 Å². The van der Waals surface area contributed by atoms with E-state index in [1.165, 1.54) is 0 Å². The topological polar surface area (TPSA) is 61.2 Å². The molecule has 0 fully saturated rings. The van der Waals surface area contributed by atoms with Gasteiger partial charge in [0, 0.05) is 76.9 Å². The summed E-state index contributed by atoms with van der Waals surface area (Å²) >= 11 is 0.